The van der Waals surface area contributed by atoms with E-state index in [0.29, 0.717) is 16.4 Å². The highest BCUT2D eigenvalue weighted by Crippen LogP contribution is 2.27. The molecule has 0 aliphatic heterocycles. The molecule has 0 atom stereocenters. The Morgan fingerprint density at radius 1 is 1.30 bits per heavy atom. The van der Waals surface area contributed by atoms with Gasteiger partial charge in [0.1, 0.15) is 0 Å². The van der Waals surface area contributed by atoms with Crippen LogP contribution in [0, 0.1) is 20.8 Å². The number of benzene rings is 1. The fourth-order valence-corrected chi connectivity index (χ4v) is 3.09. The molecule has 0 radical (unpaired) electrons. The highest BCUT2D eigenvalue weighted by molar-refractivity contribution is 7.22. The maximum absolute atomic E-state index is 12.3. The zero-order chi connectivity index (χ0) is 14.3. The summed E-state index contributed by atoms with van der Waals surface area (Å²) in [6.45, 7) is 5.67. The van der Waals surface area contributed by atoms with E-state index in [1.54, 1.807) is 6.92 Å². The Hall–Kier alpha value is -2.21. The second-order valence-corrected chi connectivity index (χ2v) is 5.78. The van der Waals surface area contributed by atoms with Crippen molar-refractivity contribution in [1.82, 2.24) is 15.2 Å². The van der Waals surface area contributed by atoms with E-state index in [4.69, 9.17) is 0 Å². The van der Waals surface area contributed by atoms with Crippen LogP contribution in [-0.4, -0.2) is 21.1 Å². The number of thiazole rings is 1. The second kappa shape index (κ2) is 4.72. The number of aryl methyl sites for hydroxylation is 3. The van der Waals surface area contributed by atoms with E-state index in [1.165, 1.54) is 16.9 Å². The van der Waals surface area contributed by atoms with Crippen LogP contribution in [0.15, 0.2) is 18.2 Å². The molecule has 3 aromatic rings. The molecule has 102 valence electrons. The number of carbonyl (C=O) groups is 1. The number of hydrogen-bond donors (Lipinski definition) is 2. The Kier molecular flexibility index (Phi) is 3.02. The predicted octanol–water partition coefficient (Wildman–Crippen LogP) is 3.20. The topological polar surface area (TPSA) is 70.7 Å². The number of aromatic amines is 1. The maximum Gasteiger partial charge on any atom is 0.261 e. The first-order valence-electron chi connectivity index (χ1n) is 6.24. The van der Waals surface area contributed by atoms with Gasteiger partial charge < -0.3 is 0 Å². The smallest absolute Gasteiger partial charge is 0.261 e. The summed E-state index contributed by atoms with van der Waals surface area (Å²) in [7, 11) is 0. The molecule has 0 fully saturated rings. The summed E-state index contributed by atoms with van der Waals surface area (Å²) >= 11 is 1.48. The van der Waals surface area contributed by atoms with Crippen LogP contribution in [0.2, 0.25) is 0 Å². The molecule has 2 N–H and O–H groups in total. The Morgan fingerprint density at radius 2 is 2.10 bits per heavy atom. The van der Waals surface area contributed by atoms with Gasteiger partial charge in [0.2, 0.25) is 0 Å². The van der Waals surface area contributed by atoms with E-state index < -0.39 is 0 Å². The molecule has 0 aliphatic carbocycles. The van der Waals surface area contributed by atoms with Gasteiger partial charge in [0.05, 0.1) is 21.5 Å². The lowest BCUT2D eigenvalue weighted by molar-refractivity contribution is 0.102. The van der Waals surface area contributed by atoms with E-state index in [-0.39, 0.29) is 5.91 Å². The van der Waals surface area contributed by atoms with Gasteiger partial charge in [-0.2, -0.15) is 5.10 Å². The molecule has 2 heterocycles. The van der Waals surface area contributed by atoms with Crippen molar-refractivity contribution < 1.29 is 4.79 Å². The molecule has 0 saturated carbocycles. The fraction of sp³-hybridized carbons (Fsp3) is 0.214. The van der Waals surface area contributed by atoms with Gasteiger partial charge in [-0.1, -0.05) is 17.4 Å². The third-order valence-electron chi connectivity index (χ3n) is 3.12. The molecule has 0 unspecified atom stereocenters. The molecular weight excluding hydrogens is 272 g/mol. The average molecular weight is 286 g/mol. The minimum absolute atomic E-state index is 0.176. The van der Waals surface area contributed by atoms with Crippen LogP contribution in [0.4, 0.5) is 5.13 Å². The van der Waals surface area contributed by atoms with Crippen LogP contribution in [0.5, 0.6) is 0 Å². The number of fused-ring (bicyclic) bond motifs is 1. The van der Waals surface area contributed by atoms with Gasteiger partial charge in [0.25, 0.3) is 5.91 Å². The summed E-state index contributed by atoms with van der Waals surface area (Å²) in [6, 6.07) is 6.04. The molecular formula is C14H14N4OS. The van der Waals surface area contributed by atoms with Crippen molar-refractivity contribution in [3.8, 4) is 0 Å². The SMILES string of the molecule is Cc1ccc2nc(NC(=O)c3c(C)n[nH]c3C)sc2c1. The minimum Gasteiger partial charge on any atom is -0.298 e. The monoisotopic (exact) mass is 286 g/mol. The number of amides is 1. The van der Waals surface area contributed by atoms with Crippen LogP contribution >= 0.6 is 11.3 Å². The predicted molar refractivity (Wildman–Crippen MR) is 80.4 cm³/mol. The van der Waals surface area contributed by atoms with Crippen molar-refractivity contribution in [3.05, 3.63) is 40.7 Å². The van der Waals surface area contributed by atoms with E-state index >= 15 is 0 Å². The number of nitrogens with zero attached hydrogens (tertiary/aromatic N) is 2. The quantitative estimate of drug-likeness (QED) is 0.760. The zero-order valence-corrected chi connectivity index (χ0v) is 12.3. The third kappa shape index (κ3) is 2.18. The van der Waals surface area contributed by atoms with Crippen molar-refractivity contribution in [2.75, 3.05) is 5.32 Å². The van der Waals surface area contributed by atoms with Crippen molar-refractivity contribution in [3.63, 3.8) is 0 Å². The highest BCUT2D eigenvalue weighted by Gasteiger charge is 2.16. The number of anilines is 1. The van der Waals surface area contributed by atoms with Gasteiger partial charge in [-0.3, -0.25) is 15.2 Å². The molecule has 3 rings (SSSR count). The Labute approximate surface area is 120 Å². The summed E-state index contributed by atoms with van der Waals surface area (Å²) in [4.78, 5) is 16.7. The highest BCUT2D eigenvalue weighted by atomic mass is 32.1. The number of nitrogens with one attached hydrogen (secondary N) is 2. The molecule has 0 spiro atoms. The van der Waals surface area contributed by atoms with E-state index in [0.717, 1.165) is 15.9 Å². The lowest BCUT2D eigenvalue weighted by atomic mass is 10.2. The summed E-state index contributed by atoms with van der Waals surface area (Å²) < 4.78 is 1.07. The first kappa shape index (κ1) is 12.8. The Bertz CT molecular complexity index is 783. The van der Waals surface area contributed by atoms with Crippen molar-refractivity contribution in [2.45, 2.75) is 20.8 Å². The first-order valence-corrected chi connectivity index (χ1v) is 7.06. The van der Waals surface area contributed by atoms with Gasteiger partial charge in [0.15, 0.2) is 5.13 Å². The molecule has 6 heteroatoms. The first-order chi connectivity index (χ1) is 9.54. The van der Waals surface area contributed by atoms with Crippen LogP contribution < -0.4 is 5.32 Å². The molecule has 1 amide bonds. The van der Waals surface area contributed by atoms with Gasteiger partial charge >= 0.3 is 0 Å². The molecule has 1 aromatic carbocycles. The lowest BCUT2D eigenvalue weighted by Crippen LogP contribution is -2.13. The third-order valence-corrected chi connectivity index (χ3v) is 4.05. The molecule has 0 saturated heterocycles. The fourth-order valence-electron chi connectivity index (χ4n) is 2.13. The van der Waals surface area contributed by atoms with Crippen molar-refractivity contribution in [1.29, 1.82) is 0 Å². The molecule has 0 bridgehead atoms. The molecule has 20 heavy (non-hydrogen) atoms. The lowest BCUT2D eigenvalue weighted by Gasteiger charge is -2.00. The summed E-state index contributed by atoms with van der Waals surface area (Å²) in [5, 5.41) is 10.3. The van der Waals surface area contributed by atoms with Gasteiger partial charge in [-0.25, -0.2) is 4.98 Å². The Morgan fingerprint density at radius 3 is 2.80 bits per heavy atom. The van der Waals surface area contributed by atoms with Crippen molar-refractivity contribution in [2.24, 2.45) is 0 Å². The largest absolute Gasteiger partial charge is 0.298 e. The van der Waals surface area contributed by atoms with Crippen LogP contribution in [0.3, 0.4) is 0 Å². The molecule has 2 aromatic heterocycles. The maximum atomic E-state index is 12.3. The van der Waals surface area contributed by atoms with Gasteiger partial charge in [-0.15, -0.1) is 0 Å². The van der Waals surface area contributed by atoms with Crippen LogP contribution in [0.1, 0.15) is 27.3 Å². The molecule has 5 nitrogen and oxygen atoms in total. The zero-order valence-electron chi connectivity index (χ0n) is 11.4. The van der Waals surface area contributed by atoms with Gasteiger partial charge in [-0.05, 0) is 38.5 Å². The van der Waals surface area contributed by atoms with E-state index in [9.17, 15) is 4.79 Å². The van der Waals surface area contributed by atoms with Crippen LogP contribution in [-0.2, 0) is 0 Å². The molecule has 0 aliphatic rings. The number of aromatic nitrogens is 3. The summed E-state index contributed by atoms with van der Waals surface area (Å²) in [6.07, 6.45) is 0. The average Bonchev–Trinajstić information content (AvgIpc) is 2.92. The number of H-pyrrole nitrogens is 1. The Balaban J connectivity index is 1.91. The number of carbonyl (C=O) groups excluding carboxylic acids is 1. The number of hydrogen-bond acceptors (Lipinski definition) is 4. The summed E-state index contributed by atoms with van der Waals surface area (Å²) in [5.41, 5.74) is 4.12. The second-order valence-electron chi connectivity index (χ2n) is 4.75. The summed E-state index contributed by atoms with van der Waals surface area (Å²) in [5.74, 6) is -0.176. The van der Waals surface area contributed by atoms with E-state index in [1.807, 2.05) is 26.0 Å². The van der Waals surface area contributed by atoms with Gasteiger partial charge in [0, 0.05) is 5.69 Å². The van der Waals surface area contributed by atoms with Crippen LogP contribution in [0.25, 0.3) is 10.2 Å². The van der Waals surface area contributed by atoms with E-state index in [2.05, 4.69) is 26.6 Å². The normalized spacial score (nSPS) is 10.9. The number of rotatable bonds is 2. The minimum atomic E-state index is -0.176. The van der Waals surface area contributed by atoms with Crippen molar-refractivity contribution >= 4 is 32.6 Å². The standard InChI is InChI=1S/C14H14N4OS/c1-7-4-5-10-11(6-7)20-14(15-10)16-13(19)12-8(2)17-18-9(12)3/h4-6H,1-3H3,(H,17,18)(H,15,16,19).